The standard InChI is InChI=1S/C20H23NO3/c1-23-14-15-10-11-21(13-15)20(22)18-5-3-4-17(12-18)16-6-8-19(24-2)9-7-16/h3-9,12,15H,10-11,13-14H2,1-2H3/t15-/m0/s1. The van der Waals surface area contributed by atoms with Gasteiger partial charge < -0.3 is 14.4 Å². The lowest BCUT2D eigenvalue weighted by Gasteiger charge is -2.17. The van der Waals surface area contributed by atoms with Gasteiger partial charge >= 0.3 is 0 Å². The Balaban J connectivity index is 1.76. The molecule has 0 saturated carbocycles. The molecule has 1 atom stereocenters. The number of hydrogen-bond donors (Lipinski definition) is 0. The van der Waals surface area contributed by atoms with Gasteiger partial charge in [-0.05, 0) is 41.8 Å². The second-order valence-electron chi connectivity index (χ2n) is 6.17. The molecule has 0 unspecified atom stereocenters. The van der Waals surface area contributed by atoms with Crippen LogP contribution in [0, 0.1) is 5.92 Å². The Labute approximate surface area is 143 Å². The molecule has 1 amide bonds. The zero-order valence-corrected chi connectivity index (χ0v) is 14.2. The topological polar surface area (TPSA) is 38.8 Å². The molecule has 2 aromatic rings. The van der Waals surface area contributed by atoms with Crippen LogP contribution in [0.4, 0.5) is 0 Å². The van der Waals surface area contributed by atoms with Crippen LogP contribution in [-0.4, -0.2) is 44.7 Å². The molecule has 2 aromatic carbocycles. The number of rotatable bonds is 5. The first-order chi connectivity index (χ1) is 11.7. The lowest BCUT2D eigenvalue weighted by atomic mass is 10.0. The van der Waals surface area contributed by atoms with Crippen molar-refractivity contribution in [3.8, 4) is 16.9 Å². The molecule has 0 N–H and O–H groups in total. The summed E-state index contributed by atoms with van der Waals surface area (Å²) in [5.74, 6) is 1.37. The highest BCUT2D eigenvalue weighted by Crippen LogP contribution is 2.25. The van der Waals surface area contributed by atoms with Gasteiger partial charge in [0.25, 0.3) is 5.91 Å². The molecule has 1 heterocycles. The summed E-state index contributed by atoms with van der Waals surface area (Å²) in [5, 5.41) is 0. The number of methoxy groups -OCH3 is 2. The molecule has 4 nitrogen and oxygen atoms in total. The maximum Gasteiger partial charge on any atom is 0.253 e. The Morgan fingerprint density at radius 2 is 1.92 bits per heavy atom. The lowest BCUT2D eigenvalue weighted by Crippen LogP contribution is -2.29. The molecule has 0 radical (unpaired) electrons. The Hall–Kier alpha value is -2.33. The molecule has 1 aliphatic rings. The highest BCUT2D eigenvalue weighted by atomic mass is 16.5. The molecule has 126 valence electrons. The second-order valence-corrected chi connectivity index (χ2v) is 6.17. The molecule has 0 aliphatic carbocycles. The van der Waals surface area contributed by atoms with Crippen molar-refractivity contribution in [2.45, 2.75) is 6.42 Å². The van der Waals surface area contributed by atoms with Gasteiger partial charge in [-0.2, -0.15) is 0 Å². The van der Waals surface area contributed by atoms with E-state index in [1.54, 1.807) is 14.2 Å². The minimum atomic E-state index is 0.101. The fourth-order valence-corrected chi connectivity index (χ4v) is 3.19. The number of ether oxygens (including phenoxy) is 2. The van der Waals surface area contributed by atoms with Gasteiger partial charge in [0.1, 0.15) is 5.75 Å². The Kier molecular flexibility index (Phi) is 5.16. The fraction of sp³-hybridized carbons (Fsp3) is 0.350. The van der Waals surface area contributed by atoms with Crippen molar-refractivity contribution in [2.75, 3.05) is 33.9 Å². The Bertz CT molecular complexity index is 696. The van der Waals surface area contributed by atoms with Gasteiger partial charge in [0.15, 0.2) is 0 Å². The average Bonchev–Trinajstić information content (AvgIpc) is 3.10. The highest BCUT2D eigenvalue weighted by molar-refractivity contribution is 5.95. The zero-order chi connectivity index (χ0) is 16.9. The van der Waals surface area contributed by atoms with E-state index in [0.717, 1.165) is 48.6 Å². The molecule has 0 spiro atoms. The van der Waals surface area contributed by atoms with Crippen LogP contribution < -0.4 is 4.74 Å². The van der Waals surface area contributed by atoms with E-state index in [-0.39, 0.29) is 5.91 Å². The predicted molar refractivity (Wildman–Crippen MR) is 94.3 cm³/mol. The molecule has 3 rings (SSSR count). The summed E-state index contributed by atoms with van der Waals surface area (Å²) in [6.45, 7) is 2.30. The van der Waals surface area contributed by atoms with Crippen LogP contribution in [0.25, 0.3) is 11.1 Å². The molecule has 24 heavy (non-hydrogen) atoms. The van der Waals surface area contributed by atoms with Gasteiger partial charge in [-0.15, -0.1) is 0 Å². The monoisotopic (exact) mass is 325 g/mol. The Morgan fingerprint density at radius 1 is 1.12 bits per heavy atom. The van der Waals surface area contributed by atoms with Crippen LogP contribution in [0.5, 0.6) is 5.75 Å². The third-order valence-electron chi connectivity index (χ3n) is 4.51. The number of likely N-dealkylation sites (tertiary alicyclic amines) is 1. The largest absolute Gasteiger partial charge is 0.497 e. The first kappa shape index (κ1) is 16.5. The number of nitrogens with zero attached hydrogens (tertiary/aromatic N) is 1. The smallest absolute Gasteiger partial charge is 0.253 e. The van der Waals surface area contributed by atoms with Crippen molar-refractivity contribution >= 4 is 5.91 Å². The van der Waals surface area contributed by atoms with E-state index in [2.05, 4.69) is 0 Å². The highest BCUT2D eigenvalue weighted by Gasteiger charge is 2.26. The SMILES string of the molecule is COC[C@H]1CCN(C(=O)c2cccc(-c3ccc(OC)cc3)c2)C1. The molecule has 0 bridgehead atoms. The number of carbonyl (C=O) groups is 1. The summed E-state index contributed by atoms with van der Waals surface area (Å²) in [5.41, 5.74) is 2.85. The van der Waals surface area contributed by atoms with E-state index in [0.29, 0.717) is 5.92 Å². The van der Waals surface area contributed by atoms with Gasteiger partial charge in [0, 0.05) is 31.7 Å². The molecular formula is C20H23NO3. The first-order valence-corrected chi connectivity index (χ1v) is 8.24. The summed E-state index contributed by atoms with van der Waals surface area (Å²) in [7, 11) is 3.37. The number of amides is 1. The minimum Gasteiger partial charge on any atom is -0.497 e. The maximum atomic E-state index is 12.7. The van der Waals surface area contributed by atoms with Crippen molar-refractivity contribution in [2.24, 2.45) is 5.92 Å². The quantitative estimate of drug-likeness (QED) is 0.845. The normalized spacial score (nSPS) is 17.1. The van der Waals surface area contributed by atoms with E-state index >= 15 is 0 Å². The predicted octanol–water partition coefficient (Wildman–Crippen LogP) is 3.47. The Morgan fingerprint density at radius 3 is 2.62 bits per heavy atom. The molecule has 4 heteroatoms. The average molecular weight is 325 g/mol. The minimum absolute atomic E-state index is 0.101. The van der Waals surface area contributed by atoms with Gasteiger partial charge in [0.05, 0.1) is 13.7 Å². The van der Waals surface area contributed by atoms with Crippen LogP contribution in [0.1, 0.15) is 16.8 Å². The van der Waals surface area contributed by atoms with Crippen LogP contribution >= 0.6 is 0 Å². The summed E-state index contributed by atoms with van der Waals surface area (Å²) in [6.07, 6.45) is 1.01. The molecular weight excluding hydrogens is 302 g/mol. The number of carbonyl (C=O) groups excluding carboxylic acids is 1. The van der Waals surface area contributed by atoms with Crippen LogP contribution in [-0.2, 0) is 4.74 Å². The first-order valence-electron chi connectivity index (χ1n) is 8.24. The van der Waals surface area contributed by atoms with Gasteiger partial charge in [-0.3, -0.25) is 4.79 Å². The van der Waals surface area contributed by atoms with E-state index in [4.69, 9.17) is 9.47 Å². The van der Waals surface area contributed by atoms with Gasteiger partial charge in [-0.25, -0.2) is 0 Å². The summed E-state index contributed by atoms with van der Waals surface area (Å²) < 4.78 is 10.4. The number of hydrogen-bond acceptors (Lipinski definition) is 3. The molecule has 0 aromatic heterocycles. The van der Waals surface area contributed by atoms with Crippen molar-refractivity contribution in [3.63, 3.8) is 0 Å². The summed E-state index contributed by atoms with van der Waals surface area (Å²) >= 11 is 0. The summed E-state index contributed by atoms with van der Waals surface area (Å²) in [4.78, 5) is 14.7. The van der Waals surface area contributed by atoms with Crippen molar-refractivity contribution < 1.29 is 14.3 Å². The second kappa shape index (κ2) is 7.49. The van der Waals surface area contributed by atoms with E-state index in [1.807, 2.05) is 53.4 Å². The van der Waals surface area contributed by atoms with Gasteiger partial charge in [0.2, 0.25) is 0 Å². The summed E-state index contributed by atoms with van der Waals surface area (Å²) in [6, 6.07) is 15.7. The van der Waals surface area contributed by atoms with E-state index in [1.165, 1.54) is 0 Å². The number of benzene rings is 2. The third kappa shape index (κ3) is 3.60. The van der Waals surface area contributed by atoms with Gasteiger partial charge in [-0.1, -0.05) is 24.3 Å². The van der Waals surface area contributed by atoms with Crippen LogP contribution in [0.15, 0.2) is 48.5 Å². The van der Waals surface area contributed by atoms with Crippen LogP contribution in [0.3, 0.4) is 0 Å². The molecule has 1 fully saturated rings. The van der Waals surface area contributed by atoms with Crippen molar-refractivity contribution in [3.05, 3.63) is 54.1 Å². The fourth-order valence-electron chi connectivity index (χ4n) is 3.19. The zero-order valence-electron chi connectivity index (χ0n) is 14.2. The van der Waals surface area contributed by atoms with E-state index < -0.39 is 0 Å². The van der Waals surface area contributed by atoms with Crippen molar-refractivity contribution in [1.29, 1.82) is 0 Å². The molecule has 1 aliphatic heterocycles. The van der Waals surface area contributed by atoms with Crippen LogP contribution in [0.2, 0.25) is 0 Å². The lowest BCUT2D eigenvalue weighted by molar-refractivity contribution is 0.0775. The third-order valence-corrected chi connectivity index (χ3v) is 4.51. The maximum absolute atomic E-state index is 12.7. The van der Waals surface area contributed by atoms with E-state index in [9.17, 15) is 4.79 Å². The molecule has 1 saturated heterocycles. The van der Waals surface area contributed by atoms with Crippen molar-refractivity contribution in [1.82, 2.24) is 4.90 Å².